The van der Waals surface area contributed by atoms with Crippen LogP contribution in [0.1, 0.15) is 30.0 Å². The Morgan fingerprint density at radius 3 is 2.95 bits per heavy atom. The fourth-order valence-corrected chi connectivity index (χ4v) is 2.81. The molecule has 2 aromatic rings. The van der Waals surface area contributed by atoms with Gasteiger partial charge in [-0.25, -0.2) is 0 Å². The molecule has 0 saturated heterocycles. The van der Waals surface area contributed by atoms with E-state index in [2.05, 4.69) is 30.4 Å². The van der Waals surface area contributed by atoms with Crippen molar-refractivity contribution in [1.82, 2.24) is 5.32 Å². The van der Waals surface area contributed by atoms with Crippen molar-refractivity contribution in [2.75, 3.05) is 13.2 Å². The Kier molecular flexibility index (Phi) is 3.95. The highest BCUT2D eigenvalue weighted by molar-refractivity contribution is 6.30. The molecule has 0 bridgehead atoms. The molecule has 0 saturated carbocycles. The van der Waals surface area contributed by atoms with E-state index in [1.807, 2.05) is 30.3 Å². The number of rotatable bonds is 4. The van der Waals surface area contributed by atoms with Crippen molar-refractivity contribution < 1.29 is 4.74 Å². The minimum absolute atomic E-state index is 0.279. The van der Waals surface area contributed by atoms with Gasteiger partial charge in [0.1, 0.15) is 5.75 Å². The summed E-state index contributed by atoms with van der Waals surface area (Å²) in [7, 11) is 0. The van der Waals surface area contributed by atoms with Gasteiger partial charge in [-0.2, -0.15) is 0 Å². The Bertz CT molecular complexity index is 599. The molecule has 0 fully saturated rings. The first kappa shape index (κ1) is 13.5. The van der Waals surface area contributed by atoms with Crippen molar-refractivity contribution >= 4 is 11.6 Å². The molecule has 3 heteroatoms. The van der Waals surface area contributed by atoms with Crippen LogP contribution in [0.5, 0.6) is 5.75 Å². The smallest absolute Gasteiger partial charge is 0.122 e. The zero-order valence-electron chi connectivity index (χ0n) is 11.5. The molecule has 1 aliphatic rings. The fraction of sp³-hybridized carbons (Fsp3) is 0.294. The van der Waals surface area contributed by atoms with Gasteiger partial charge >= 0.3 is 0 Å². The van der Waals surface area contributed by atoms with Gasteiger partial charge in [0.2, 0.25) is 0 Å². The third kappa shape index (κ3) is 2.82. The first-order chi connectivity index (χ1) is 9.74. The lowest BCUT2D eigenvalue weighted by Gasteiger charge is -2.17. The Morgan fingerprint density at radius 1 is 1.25 bits per heavy atom. The van der Waals surface area contributed by atoms with E-state index in [-0.39, 0.29) is 6.04 Å². The van der Waals surface area contributed by atoms with E-state index in [1.54, 1.807) is 0 Å². The van der Waals surface area contributed by atoms with Crippen molar-refractivity contribution in [3.8, 4) is 5.75 Å². The zero-order chi connectivity index (χ0) is 13.9. The average Bonchev–Trinajstić information content (AvgIpc) is 2.88. The Morgan fingerprint density at radius 2 is 2.10 bits per heavy atom. The summed E-state index contributed by atoms with van der Waals surface area (Å²) in [5, 5.41) is 4.35. The maximum atomic E-state index is 6.04. The highest BCUT2D eigenvalue weighted by atomic mass is 35.5. The molecule has 1 aliphatic heterocycles. The van der Waals surface area contributed by atoms with E-state index >= 15 is 0 Å². The molecule has 1 N–H and O–H groups in total. The molecule has 0 amide bonds. The Labute approximate surface area is 124 Å². The highest BCUT2D eigenvalue weighted by Crippen LogP contribution is 2.33. The number of nitrogens with one attached hydrogen (secondary N) is 1. The molecular formula is C17H18ClNO. The molecule has 2 atom stereocenters. The lowest BCUT2D eigenvalue weighted by Crippen LogP contribution is -2.25. The third-order valence-electron chi connectivity index (χ3n) is 3.82. The van der Waals surface area contributed by atoms with Gasteiger partial charge in [-0.15, -0.1) is 0 Å². The highest BCUT2D eigenvalue weighted by Gasteiger charge is 2.23. The summed E-state index contributed by atoms with van der Waals surface area (Å²) < 4.78 is 5.71. The van der Waals surface area contributed by atoms with Crippen LogP contribution in [-0.2, 0) is 0 Å². The maximum Gasteiger partial charge on any atom is 0.122 e. The van der Waals surface area contributed by atoms with Crippen LogP contribution in [-0.4, -0.2) is 13.2 Å². The molecule has 0 spiro atoms. The normalized spacial score (nSPS) is 18.4. The summed E-state index contributed by atoms with van der Waals surface area (Å²) in [4.78, 5) is 0. The lowest BCUT2D eigenvalue weighted by molar-refractivity contribution is 0.323. The van der Waals surface area contributed by atoms with Gasteiger partial charge in [-0.3, -0.25) is 0 Å². The van der Waals surface area contributed by atoms with E-state index in [0.717, 1.165) is 23.9 Å². The van der Waals surface area contributed by atoms with Gasteiger partial charge in [-0.1, -0.05) is 41.9 Å². The summed E-state index contributed by atoms with van der Waals surface area (Å²) in [5.74, 6) is 1.45. The molecule has 20 heavy (non-hydrogen) atoms. The van der Waals surface area contributed by atoms with Crippen LogP contribution in [0.2, 0.25) is 5.02 Å². The first-order valence-corrected chi connectivity index (χ1v) is 7.32. The minimum Gasteiger partial charge on any atom is -0.493 e. The number of benzene rings is 2. The molecule has 1 heterocycles. The lowest BCUT2D eigenvalue weighted by atomic mass is 10.0. The minimum atomic E-state index is 0.279. The molecule has 0 radical (unpaired) electrons. The topological polar surface area (TPSA) is 21.3 Å². The molecular weight excluding hydrogens is 270 g/mol. The number of ether oxygens (including phenoxy) is 1. The number of halogens is 1. The number of para-hydroxylation sites is 1. The van der Waals surface area contributed by atoms with E-state index in [1.165, 1.54) is 11.1 Å². The van der Waals surface area contributed by atoms with Crippen molar-refractivity contribution in [2.24, 2.45) is 0 Å². The van der Waals surface area contributed by atoms with Crippen LogP contribution in [0.15, 0.2) is 48.5 Å². The average molecular weight is 288 g/mol. The van der Waals surface area contributed by atoms with Crippen LogP contribution in [0.4, 0.5) is 0 Å². The summed E-state index contributed by atoms with van der Waals surface area (Å²) >= 11 is 6.04. The Balaban J connectivity index is 1.63. The molecule has 1 unspecified atom stereocenters. The van der Waals surface area contributed by atoms with Gasteiger partial charge in [0, 0.05) is 29.1 Å². The number of hydrogen-bond acceptors (Lipinski definition) is 2. The van der Waals surface area contributed by atoms with Crippen LogP contribution >= 0.6 is 11.6 Å². The van der Waals surface area contributed by atoms with Gasteiger partial charge in [0.25, 0.3) is 0 Å². The van der Waals surface area contributed by atoms with Gasteiger partial charge in [-0.05, 0) is 30.7 Å². The summed E-state index contributed by atoms with van der Waals surface area (Å²) in [5.41, 5.74) is 2.52. The van der Waals surface area contributed by atoms with Crippen molar-refractivity contribution in [2.45, 2.75) is 18.9 Å². The van der Waals surface area contributed by atoms with Gasteiger partial charge < -0.3 is 10.1 Å². The van der Waals surface area contributed by atoms with Crippen LogP contribution in [0.3, 0.4) is 0 Å². The first-order valence-electron chi connectivity index (χ1n) is 6.94. The second-order valence-electron chi connectivity index (χ2n) is 5.23. The largest absolute Gasteiger partial charge is 0.493 e. The number of fused-ring (bicyclic) bond motifs is 1. The second-order valence-corrected chi connectivity index (χ2v) is 5.67. The second kappa shape index (κ2) is 5.86. The molecule has 2 aromatic carbocycles. The predicted molar refractivity (Wildman–Crippen MR) is 82.5 cm³/mol. The van der Waals surface area contributed by atoms with Crippen molar-refractivity contribution in [3.05, 3.63) is 64.7 Å². The summed E-state index contributed by atoms with van der Waals surface area (Å²) in [6.07, 6.45) is 0. The molecule has 0 aliphatic carbocycles. The van der Waals surface area contributed by atoms with Crippen LogP contribution in [0, 0.1) is 0 Å². The SMILES string of the molecule is C[C@@H](NCC1COc2ccccc21)c1cccc(Cl)c1. The fourth-order valence-electron chi connectivity index (χ4n) is 2.61. The maximum absolute atomic E-state index is 6.04. The summed E-state index contributed by atoms with van der Waals surface area (Å²) in [6, 6.07) is 16.6. The van der Waals surface area contributed by atoms with E-state index in [9.17, 15) is 0 Å². The molecule has 2 nitrogen and oxygen atoms in total. The zero-order valence-corrected chi connectivity index (χ0v) is 12.2. The van der Waals surface area contributed by atoms with Crippen molar-refractivity contribution in [3.63, 3.8) is 0 Å². The standard InChI is InChI=1S/C17H18ClNO/c1-12(13-5-4-6-15(18)9-13)19-10-14-11-20-17-8-3-2-7-16(14)17/h2-9,12,14,19H,10-11H2,1H3/t12-,14?/m1/s1. The molecule has 104 valence electrons. The quantitative estimate of drug-likeness (QED) is 0.911. The van der Waals surface area contributed by atoms with Crippen LogP contribution in [0.25, 0.3) is 0 Å². The van der Waals surface area contributed by atoms with E-state index < -0.39 is 0 Å². The molecule has 3 rings (SSSR count). The Hall–Kier alpha value is -1.51. The van der Waals surface area contributed by atoms with Gasteiger partial charge in [0.15, 0.2) is 0 Å². The van der Waals surface area contributed by atoms with Gasteiger partial charge in [0.05, 0.1) is 6.61 Å². The van der Waals surface area contributed by atoms with E-state index in [4.69, 9.17) is 16.3 Å². The molecule has 0 aromatic heterocycles. The van der Waals surface area contributed by atoms with E-state index in [0.29, 0.717) is 5.92 Å². The number of hydrogen-bond donors (Lipinski definition) is 1. The monoisotopic (exact) mass is 287 g/mol. The summed E-state index contributed by atoms with van der Waals surface area (Å²) in [6.45, 7) is 3.83. The third-order valence-corrected chi connectivity index (χ3v) is 4.05. The van der Waals surface area contributed by atoms with Crippen molar-refractivity contribution in [1.29, 1.82) is 0 Å². The predicted octanol–water partition coefficient (Wildman–Crippen LogP) is 4.17. The van der Waals surface area contributed by atoms with Crippen LogP contribution < -0.4 is 10.1 Å².